The van der Waals surface area contributed by atoms with E-state index in [4.69, 9.17) is 4.42 Å². The number of benzene rings is 2. The number of aromatic nitrogens is 1. The first-order valence-electron chi connectivity index (χ1n) is 5.98. The Balaban J connectivity index is 2.12. The van der Waals surface area contributed by atoms with Crippen LogP contribution in [0, 0.1) is 10.5 Å². The highest BCUT2D eigenvalue weighted by Crippen LogP contribution is 2.17. The molecule has 1 heterocycles. The van der Waals surface area contributed by atoms with Crippen LogP contribution in [-0.4, -0.2) is 4.57 Å². The van der Waals surface area contributed by atoms with Gasteiger partial charge in [0.05, 0.1) is 12.1 Å². The molecule has 0 fully saturated rings. The molecule has 0 aliphatic rings. The Kier molecular flexibility index (Phi) is 3.18. The van der Waals surface area contributed by atoms with Crippen LogP contribution in [0.5, 0.6) is 0 Å². The molecule has 0 atom stereocenters. The van der Waals surface area contributed by atoms with Crippen LogP contribution in [0.2, 0.25) is 0 Å². The van der Waals surface area contributed by atoms with E-state index in [1.165, 1.54) is 5.56 Å². The number of nitrogens with zero attached hydrogens (tertiary/aromatic N) is 1. The van der Waals surface area contributed by atoms with Gasteiger partial charge in [0.15, 0.2) is 5.58 Å². The number of fused-ring (bicyclic) bond motifs is 1. The molecule has 2 aromatic carbocycles. The third-order valence-corrected chi connectivity index (χ3v) is 3.72. The quantitative estimate of drug-likeness (QED) is 0.651. The van der Waals surface area contributed by atoms with Crippen molar-refractivity contribution in [3.63, 3.8) is 0 Å². The van der Waals surface area contributed by atoms with Crippen molar-refractivity contribution in [3.8, 4) is 0 Å². The number of hydrogen-bond acceptors (Lipinski definition) is 2. The van der Waals surface area contributed by atoms with Gasteiger partial charge in [-0.05, 0) is 53.3 Å². The molecule has 3 rings (SSSR count). The number of rotatable bonds is 2. The van der Waals surface area contributed by atoms with Crippen molar-refractivity contribution in [1.29, 1.82) is 0 Å². The minimum Gasteiger partial charge on any atom is -0.408 e. The van der Waals surface area contributed by atoms with Crippen molar-refractivity contribution >= 4 is 33.7 Å². The third kappa shape index (κ3) is 2.45. The van der Waals surface area contributed by atoms with E-state index in [0.29, 0.717) is 12.1 Å². The van der Waals surface area contributed by atoms with Gasteiger partial charge in [0.2, 0.25) is 0 Å². The lowest BCUT2D eigenvalue weighted by molar-refractivity contribution is 0.517. The van der Waals surface area contributed by atoms with Crippen molar-refractivity contribution in [2.24, 2.45) is 0 Å². The molecule has 0 unspecified atom stereocenters. The second-order valence-corrected chi connectivity index (χ2v) is 5.80. The summed E-state index contributed by atoms with van der Waals surface area (Å²) in [5.74, 6) is -0.307. The van der Waals surface area contributed by atoms with E-state index in [1.54, 1.807) is 4.57 Å². The van der Waals surface area contributed by atoms with Gasteiger partial charge >= 0.3 is 5.76 Å². The van der Waals surface area contributed by atoms with Crippen LogP contribution in [0.25, 0.3) is 11.1 Å². The lowest BCUT2D eigenvalue weighted by Crippen LogP contribution is -2.14. The van der Waals surface area contributed by atoms with Crippen LogP contribution in [0.15, 0.2) is 51.7 Å². The van der Waals surface area contributed by atoms with Gasteiger partial charge in [-0.15, -0.1) is 0 Å². The van der Waals surface area contributed by atoms with Crippen LogP contribution in [0.1, 0.15) is 11.1 Å². The summed E-state index contributed by atoms with van der Waals surface area (Å²) in [6.07, 6.45) is 0. The number of aryl methyl sites for hydroxylation is 1. The predicted octanol–water partition coefficient (Wildman–Crippen LogP) is 3.56. The molecule has 19 heavy (non-hydrogen) atoms. The van der Waals surface area contributed by atoms with Crippen LogP contribution >= 0.6 is 22.6 Å². The normalized spacial score (nSPS) is 11.1. The van der Waals surface area contributed by atoms with Gasteiger partial charge in [0.1, 0.15) is 0 Å². The molecule has 0 saturated carbocycles. The molecule has 4 heteroatoms. The molecule has 0 radical (unpaired) electrons. The zero-order valence-corrected chi connectivity index (χ0v) is 12.5. The first-order chi connectivity index (χ1) is 9.13. The highest BCUT2D eigenvalue weighted by Gasteiger charge is 2.09. The van der Waals surface area contributed by atoms with Crippen LogP contribution < -0.4 is 5.76 Å². The number of hydrogen-bond donors (Lipinski definition) is 0. The maximum absolute atomic E-state index is 11.9. The molecule has 3 aromatic rings. The molecule has 0 spiro atoms. The molecule has 96 valence electrons. The Bertz CT molecular complexity index is 801. The first-order valence-corrected chi connectivity index (χ1v) is 7.06. The molecule has 0 saturated heterocycles. The Morgan fingerprint density at radius 3 is 2.84 bits per heavy atom. The highest BCUT2D eigenvalue weighted by molar-refractivity contribution is 14.1. The average Bonchev–Trinajstić information content (AvgIpc) is 2.66. The maximum atomic E-state index is 11.9. The summed E-state index contributed by atoms with van der Waals surface area (Å²) < 4.78 is 8.02. The van der Waals surface area contributed by atoms with E-state index in [9.17, 15) is 4.79 Å². The summed E-state index contributed by atoms with van der Waals surface area (Å²) >= 11 is 2.23. The molecule has 0 bridgehead atoms. The van der Waals surface area contributed by atoms with E-state index in [1.807, 2.05) is 43.3 Å². The van der Waals surface area contributed by atoms with Gasteiger partial charge in [-0.1, -0.05) is 29.8 Å². The smallest absolute Gasteiger partial charge is 0.408 e. The Morgan fingerprint density at radius 2 is 2.05 bits per heavy atom. The van der Waals surface area contributed by atoms with Crippen molar-refractivity contribution in [2.45, 2.75) is 13.5 Å². The summed E-state index contributed by atoms with van der Waals surface area (Å²) in [7, 11) is 0. The molecule has 0 N–H and O–H groups in total. The molecule has 1 aromatic heterocycles. The summed E-state index contributed by atoms with van der Waals surface area (Å²) in [6.45, 7) is 2.58. The van der Waals surface area contributed by atoms with E-state index in [-0.39, 0.29) is 5.76 Å². The van der Waals surface area contributed by atoms with E-state index < -0.39 is 0 Å². The van der Waals surface area contributed by atoms with Crippen LogP contribution in [-0.2, 0) is 6.54 Å². The standard InChI is InChI=1S/C15H12INO2/c1-10-3-2-4-11(7-10)9-17-13-8-12(16)5-6-14(13)19-15(17)18/h2-8H,9H2,1H3. The minimum absolute atomic E-state index is 0.307. The molecule has 0 aliphatic heterocycles. The monoisotopic (exact) mass is 365 g/mol. The van der Waals surface area contributed by atoms with Crippen LogP contribution in [0.3, 0.4) is 0 Å². The van der Waals surface area contributed by atoms with E-state index >= 15 is 0 Å². The zero-order chi connectivity index (χ0) is 13.4. The van der Waals surface area contributed by atoms with Crippen molar-refractivity contribution in [2.75, 3.05) is 0 Å². The topological polar surface area (TPSA) is 35.1 Å². The second-order valence-electron chi connectivity index (χ2n) is 4.56. The third-order valence-electron chi connectivity index (χ3n) is 3.05. The first kappa shape index (κ1) is 12.5. The van der Waals surface area contributed by atoms with Gasteiger partial charge in [0, 0.05) is 3.57 Å². The Morgan fingerprint density at radius 1 is 1.21 bits per heavy atom. The largest absolute Gasteiger partial charge is 0.420 e. The average molecular weight is 365 g/mol. The zero-order valence-electron chi connectivity index (χ0n) is 10.4. The van der Waals surface area contributed by atoms with Gasteiger partial charge < -0.3 is 4.42 Å². The van der Waals surface area contributed by atoms with Crippen LogP contribution in [0.4, 0.5) is 0 Å². The fourth-order valence-corrected chi connectivity index (χ4v) is 2.65. The van der Waals surface area contributed by atoms with Gasteiger partial charge in [-0.3, -0.25) is 4.57 Å². The molecule has 0 aliphatic carbocycles. The molecule has 3 nitrogen and oxygen atoms in total. The summed E-state index contributed by atoms with van der Waals surface area (Å²) in [5.41, 5.74) is 3.77. The fourth-order valence-electron chi connectivity index (χ4n) is 2.18. The summed E-state index contributed by atoms with van der Waals surface area (Å²) in [6, 6.07) is 13.9. The fraction of sp³-hybridized carbons (Fsp3) is 0.133. The minimum atomic E-state index is -0.307. The highest BCUT2D eigenvalue weighted by atomic mass is 127. The van der Waals surface area contributed by atoms with Gasteiger partial charge in [0.25, 0.3) is 0 Å². The maximum Gasteiger partial charge on any atom is 0.420 e. The lowest BCUT2D eigenvalue weighted by atomic mass is 10.1. The van der Waals surface area contributed by atoms with Crippen molar-refractivity contribution < 1.29 is 4.42 Å². The number of oxazole rings is 1. The lowest BCUT2D eigenvalue weighted by Gasteiger charge is -2.04. The predicted molar refractivity (Wildman–Crippen MR) is 83.5 cm³/mol. The molecule has 0 amide bonds. The second kappa shape index (κ2) is 4.85. The number of halogens is 1. The van der Waals surface area contributed by atoms with Gasteiger partial charge in [-0.2, -0.15) is 0 Å². The van der Waals surface area contributed by atoms with Gasteiger partial charge in [-0.25, -0.2) is 4.79 Å². The van der Waals surface area contributed by atoms with E-state index in [0.717, 1.165) is 14.7 Å². The summed E-state index contributed by atoms with van der Waals surface area (Å²) in [4.78, 5) is 11.9. The van der Waals surface area contributed by atoms with E-state index in [2.05, 4.69) is 28.7 Å². The Hall–Kier alpha value is -1.56. The Labute approximate surface area is 124 Å². The van der Waals surface area contributed by atoms with Crippen molar-refractivity contribution in [3.05, 3.63) is 67.7 Å². The van der Waals surface area contributed by atoms with Crippen molar-refractivity contribution in [1.82, 2.24) is 4.57 Å². The summed E-state index contributed by atoms with van der Waals surface area (Å²) in [5, 5.41) is 0. The SMILES string of the molecule is Cc1cccc(Cn2c(=O)oc3ccc(I)cc32)c1. The molecular formula is C15H12INO2. The molecular weight excluding hydrogens is 353 g/mol.